The van der Waals surface area contributed by atoms with Crippen molar-refractivity contribution in [2.45, 2.75) is 55.3 Å². The molecule has 0 radical (unpaired) electrons. The van der Waals surface area contributed by atoms with Gasteiger partial charge in [0, 0.05) is 17.7 Å². The molecule has 4 rings (SSSR count). The summed E-state index contributed by atoms with van der Waals surface area (Å²) in [7, 11) is 0. The van der Waals surface area contributed by atoms with E-state index in [1.54, 1.807) is 0 Å². The van der Waals surface area contributed by atoms with Gasteiger partial charge in [-0.05, 0) is 6.08 Å². The first-order valence-electron chi connectivity index (χ1n) is 12.6. The van der Waals surface area contributed by atoms with Gasteiger partial charge >= 0.3 is 23.9 Å². The van der Waals surface area contributed by atoms with Crippen molar-refractivity contribution in [1.82, 2.24) is 0 Å². The Kier molecular flexibility index (Phi) is 9.95. The van der Waals surface area contributed by atoms with Crippen LogP contribution in [0.3, 0.4) is 0 Å². The van der Waals surface area contributed by atoms with Gasteiger partial charge in [-0.2, -0.15) is 0 Å². The second-order valence-electron chi connectivity index (χ2n) is 9.55. The number of aldehydes is 1. The molecule has 4 aliphatic heterocycles. The number of ketones is 1. The van der Waals surface area contributed by atoms with E-state index in [4.69, 9.17) is 38.3 Å². The second kappa shape index (κ2) is 13.4. The number of carbonyl (C=O) groups is 6. The van der Waals surface area contributed by atoms with Gasteiger partial charge in [0.15, 0.2) is 24.1 Å². The van der Waals surface area contributed by atoms with Gasteiger partial charge in [0.2, 0.25) is 0 Å². The summed E-state index contributed by atoms with van der Waals surface area (Å²) in [5.74, 6) is -6.98. The van der Waals surface area contributed by atoms with Gasteiger partial charge in [-0.3, -0.25) is 19.2 Å². The van der Waals surface area contributed by atoms with E-state index in [1.807, 2.05) is 0 Å². The van der Waals surface area contributed by atoms with Gasteiger partial charge in [0.25, 0.3) is 0 Å². The summed E-state index contributed by atoms with van der Waals surface area (Å²) < 4.78 is 37.5. The molecular formula is C25H28O16. The van der Waals surface area contributed by atoms with Crippen LogP contribution >= 0.6 is 0 Å². The number of rotatable bonds is 12. The molecule has 0 aliphatic carbocycles. The van der Waals surface area contributed by atoms with Crippen molar-refractivity contribution in [3.05, 3.63) is 23.8 Å². The smallest absolute Gasteiger partial charge is 0.331 e. The topological polar surface area (TPSA) is 228 Å². The number of aliphatic hydroxyl groups is 2. The molecule has 0 spiro atoms. The molecule has 0 bridgehead atoms. The zero-order valence-corrected chi connectivity index (χ0v) is 21.4. The van der Waals surface area contributed by atoms with Gasteiger partial charge in [0.05, 0.1) is 38.8 Å². The molecule has 41 heavy (non-hydrogen) atoms. The molecule has 0 saturated carbocycles. The number of carbonyl (C=O) groups excluding carboxylic acids is 5. The fraction of sp³-hybridized carbons (Fsp3) is 0.600. The van der Waals surface area contributed by atoms with E-state index in [0.717, 1.165) is 12.2 Å². The highest BCUT2D eigenvalue weighted by atomic mass is 16.7. The summed E-state index contributed by atoms with van der Waals surface area (Å²) in [4.78, 5) is 71.5. The van der Waals surface area contributed by atoms with E-state index in [1.165, 1.54) is 0 Å². The average Bonchev–Trinajstić information content (AvgIpc) is 3.71. The van der Waals surface area contributed by atoms with Crippen LogP contribution in [0.25, 0.3) is 0 Å². The van der Waals surface area contributed by atoms with E-state index in [9.17, 15) is 39.0 Å². The molecule has 4 saturated heterocycles. The zero-order chi connectivity index (χ0) is 29.7. The molecule has 0 amide bonds. The summed E-state index contributed by atoms with van der Waals surface area (Å²) in [6, 6.07) is 0. The molecule has 0 aromatic rings. The van der Waals surface area contributed by atoms with E-state index < -0.39 is 103 Å². The summed E-state index contributed by atoms with van der Waals surface area (Å²) >= 11 is 0. The Hall–Kier alpha value is -3.54. The molecule has 0 aromatic heterocycles. The first-order chi connectivity index (χ1) is 19.6. The Morgan fingerprint density at radius 2 is 1.32 bits per heavy atom. The zero-order valence-electron chi connectivity index (χ0n) is 21.4. The first kappa shape index (κ1) is 30.4. The maximum absolute atomic E-state index is 12.6. The van der Waals surface area contributed by atoms with E-state index >= 15 is 0 Å². The van der Waals surface area contributed by atoms with Crippen molar-refractivity contribution in [3.63, 3.8) is 0 Å². The first-order valence-corrected chi connectivity index (χ1v) is 12.6. The lowest BCUT2D eigenvalue weighted by Crippen LogP contribution is -2.36. The van der Waals surface area contributed by atoms with E-state index in [-0.39, 0.29) is 32.7 Å². The number of hydrogen-bond donors (Lipinski definition) is 3. The molecule has 3 N–H and O–H groups in total. The minimum Gasteiger partial charge on any atom is -0.481 e. The van der Waals surface area contributed by atoms with Crippen LogP contribution in [0.2, 0.25) is 0 Å². The maximum atomic E-state index is 12.6. The lowest BCUT2D eigenvalue weighted by Gasteiger charge is -2.19. The lowest BCUT2D eigenvalue weighted by molar-refractivity contribution is -0.158. The van der Waals surface area contributed by atoms with Crippen molar-refractivity contribution in [3.8, 4) is 0 Å². The van der Waals surface area contributed by atoms with Crippen LogP contribution in [0.5, 0.6) is 0 Å². The Morgan fingerprint density at radius 3 is 1.90 bits per heavy atom. The van der Waals surface area contributed by atoms with Crippen LogP contribution in [0.15, 0.2) is 23.8 Å². The predicted molar refractivity (Wildman–Crippen MR) is 126 cm³/mol. The molecule has 16 heteroatoms. The van der Waals surface area contributed by atoms with E-state index in [0.29, 0.717) is 6.08 Å². The third-order valence-corrected chi connectivity index (χ3v) is 6.82. The highest BCUT2D eigenvalue weighted by molar-refractivity contribution is 5.97. The molecule has 4 heterocycles. The van der Waals surface area contributed by atoms with Crippen LogP contribution in [0, 0.1) is 5.92 Å². The maximum Gasteiger partial charge on any atom is 0.331 e. The van der Waals surface area contributed by atoms with Crippen LogP contribution in [0.1, 0.15) is 6.42 Å². The molecule has 16 nitrogen and oxygen atoms in total. The molecule has 4 fully saturated rings. The van der Waals surface area contributed by atoms with Crippen molar-refractivity contribution in [2.75, 3.05) is 33.0 Å². The van der Waals surface area contributed by atoms with Crippen molar-refractivity contribution in [2.24, 2.45) is 5.92 Å². The van der Waals surface area contributed by atoms with Crippen molar-refractivity contribution in [1.29, 1.82) is 0 Å². The fourth-order valence-electron chi connectivity index (χ4n) is 4.85. The predicted octanol–water partition coefficient (Wildman–Crippen LogP) is -2.99. The van der Waals surface area contributed by atoms with Crippen LogP contribution in [-0.4, -0.2) is 133 Å². The molecule has 4 aliphatic rings. The Bertz CT molecular complexity index is 1110. The number of carboxylic acid groups (broad SMARTS) is 1. The highest BCUT2D eigenvalue weighted by Crippen LogP contribution is 2.32. The minimum atomic E-state index is -1.74. The summed E-state index contributed by atoms with van der Waals surface area (Å²) in [5, 5.41) is 28.1. The van der Waals surface area contributed by atoms with Crippen molar-refractivity contribution >= 4 is 35.9 Å². The minimum absolute atomic E-state index is 0.00255. The van der Waals surface area contributed by atoms with Gasteiger partial charge in [-0.25, -0.2) is 9.59 Å². The summed E-state index contributed by atoms with van der Waals surface area (Å²) in [6.45, 7) is -1.10. The Morgan fingerprint density at radius 1 is 0.780 bits per heavy atom. The van der Waals surface area contributed by atoms with Gasteiger partial charge in [-0.15, -0.1) is 0 Å². The molecule has 9 atom stereocenters. The summed E-state index contributed by atoms with van der Waals surface area (Å²) in [6.07, 6.45) is -5.00. The van der Waals surface area contributed by atoms with E-state index in [2.05, 4.69) is 0 Å². The molecule has 224 valence electrons. The SMILES string of the molecule is O=C/C(=C\C(=O)O[C@@H]1CO[C@H]2[C@@H]1OC[C@H]2O)C(CC(=O)O[C@H]1CO[C@H]2[C@@H]1OC[C@@H]2OC(=O)/C=C\C(=O)CO)C(=O)O. The normalized spacial score (nSPS) is 33.2. The standard InChI is InChI=1S/C25H28O16/c26-5-11(3-19(31)40-15-8-36-21-14(29)7-35-22(15)21)13(25(33)34)4-20(32)41-17-10-38-23-16(9-37-24(17)23)39-18(30)2-1-12(28)6-27/h1-3,5,13-17,21-24,27,29H,4,6-10H2,(H,33,34)/b2-1-,11-3+/t13?,14-,15-,16+,17+,21-,22-,23-,24-/m1/s1. The fourth-order valence-corrected chi connectivity index (χ4v) is 4.85. The third-order valence-electron chi connectivity index (χ3n) is 6.82. The number of aliphatic hydroxyl groups excluding tert-OH is 2. The Balaban J connectivity index is 1.30. The monoisotopic (exact) mass is 584 g/mol. The van der Waals surface area contributed by atoms with Gasteiger partial charge in [0.1, 0.15) is 43.4 Å². The largest absolute Gasteiger partial charge is 0.481 e. The second-order valence-corrected chi connectivity index (χ2v) is 9.55. The number of fused-ring (bicyclic) bond motifs is 2. The number of hydrogen-bond acceptors (Lipinski definition) is 15. The number of ether oxygens (including phenoxy) is 7. The highest BCUT2D eigenvalue weighted by Gasteiger charge is 2.51. The average molecular weight is 584 g/mol. The quantitative estimate of drug-likeness (QED) is 0.0899. The van der Waals surface area contributed by atoms with Crippen LogP contribution in [0.4, 0.5) is 0 Å². The van der Waals surface area contributed by atoms with Gasteiger partial charge < -0.3 is 48.5 Å². The summed E-state index contributed by atoms with van der Waals surface area (Å²) in [5.41, 5.74) is -0.542. The lowest BCUT2D eigenvalue weighted by atomic mass is 9.96. The van der Waals surface area contributed by atoms with Crippen LogP contribution in [-0.2, 0) is 61.9 Å². The molecule has 0 aromatic carbocycles. The van der Waals surface area contributed by atoms with Crippen LogP contribution < -0.4 is 0 Å². The Labute approximate surface area is 231 Å². The number of esters is 3. The van der Waals surface area contributed by atoms with Crippen molar-refractivity contribution < 1.29 is 77.2 Å². The number of carboxylic acids is 1. The van der Waals surface area contributed by atoms with Gasteiger partial charge in [-0.1, -0.05) is 0 Å². The third kappa shape index (κ3) is 7.22. The number of aliphatic carboxylic acids is 1. The molecule has 1 unspecified atom stereocenters. The molecular weight excluding hydrogens is 556 g/mol.